The van der Waals surface area contributed by atoms with Crippen molar-refractivity contribution >= 4 is 34.3 Å². The molecule has 0 N–H and O–H groups in total. The smallest absolute Gasteiger partial charge is 0.253 e. The maximum absolute atomic E-state index is 13.0. The van der Waals surface area contributed by atoms with Crippen LogP contribution in [0.2, 0.25) is 0 Å². The maximum atomic E-state index is 13.0. The van der Waals surface area contributed by atoms with Crippen LogP contribution in [0.5, 0.6) is 0 Å². The summed E-state index contributed by atoms with van der Waals surface area (Å²) in [5.41, 5.74) is 1.54. The van der Waals surface area contributed by atoms with E-state index in [9.17, 15) is 4.79 Å². The number of rotatable bonds is 5. The van der Waals surface area contributed by atoms with Gasteiger partial charge < -0.3 is 13.4 Å². The highest BCUT2D eigenvalue weighted by atomic mass is 32.2. The SMILES string of the molecule is Cn1ccnc1SCC(=O)N1N=C(c2cc3ccccc3o2)CC1c1ccco1. The Bertz CT molecular complexity index is 1160. The van der Waals surface area contributed by atoms with Gasteiger partial charge in [0.25, 0.3) is 5.91 Å². The summed E-state index contributed by atoms with van der Waals surface area (Å²) < 4.78 is 13.4. The molecule has 1 aliphatic rings. The van der Waals surface area contributed by atoms with E-state index in [0.717, 1.165) is 21.8 Å². The lowest BCUT2D eigenvalue weighted by Gasteiger charge is -2.19. The first-order chi connectivity index (χ1) is 14.2. The van der Waals surface area contributed by atoms with Crippen molar-refractivity contribution in [3.8, 4) is 0 Å². The molecule has 7 nitrogen and oxygen atoms in total. The molecule has 1 unspecified atom stereocenters. The number of hydrazone groups is 1. The third kappa shape index (κ3) is 3.36. The fourth-order valence-corrected chi connectivity index (χ4v) is 4.18. The number of carbonyl (C=O) groups excluding carboxylic acids is 1. The van der Waals surface area contributed by atoms with Crippen molar-refractivity contribution in [2.45, 2.75) is 17.6 Å². The van der Waals surface area contributed by atoms with E-state index in [-0.39, 0.29) is 17.7 Å². The topological polar surface area (TPSA) is 76.8 Å². The van der Waals surface area contributed by atoms with E-state index >= 15 is 0 Å². The van der Waals surface area contributed by atoms with Crippen molar-refractivity contribution in [2.24, 2.45) is 12.1 Å². The standard InChI is InChI=1S/C21H18N4O3S/c1-24-9-8-22-21(24)29-13-20(26)25-16(18-7-4-10-27-18)12-15(23-25)19-11-14-5-2-3-6-17(14)28-19/h2-11,16H,12-13H2,1H3. The number of carbonyl (C=O) groups is 1. The molecule has 146 valence electrons. The fraction of sp³-hybridized carbons (Fsp3) is 0.190. The Morgan fingerprint density at radius 1 is 1.28 bits per heavy atom. The van der Waals surface area contributed by atoms with E-state index in [2.05, 4.69) is 10.1 Å². The Balaban J connectivity index is 1.42. The molecule has 1 amide bonds. The molecule has 1 aliphatic heterocycles. The van der Waals surface area contributed by atoms with Crippen molar-refractivity contribution in [3.05, 3.63) is 72.6 Å². The van der Waals surface area contributed by atoms with E-state index in [1.165, 1.54) is 16.8 Å². The van der Waals surface area contributed by atoms with Crippen LogP contribution in [0.4, 0.5) is 0 Å². The van der Waals surface area contributed by atoms with E-state index in [0.29, 0.717) is 17.9 Å². The summed E-state index contributed by atoms with van der Waals surface area (Å²) >= 11 is 1.39. The second-order valence-corrected chi connectivity index (χ2v) is 7.72. The van der Waals surface area contributed by atoms with Crippen molar-refractivity contribution in [3.63, 3.8) is 0 Å². The van der Waals surface area contributed by atoms with Crippen molar-refractivity contribution in [2.75, 3.05) is 5.75 Å². The molecule has 3 aromatic heterocycles. The Morgan fingerprint density at radius 3 is 2.93 bits per heavy atom. The maximum Gasteiger partial charge on any atom is 0.253 e. The number of thioether (sulfide) groups is 1. The summed E-state index contributed by atoms with van der Waals surface area (Å²) in [4.78, 5) is 17.3. The molecule has 4 aromatic rings. The number of nitrogens with zero attached hydrogens (tertiary/aromatic N) is 4. The predicted octanol–water partition coefficient (Wildman–Crippen LogP) is 4.23. The number of para-hydroxylation sites is 1. The van der Waals surface area contributed by atoms with Crippen molar-refractivity contribution < 1.29 is 13.6 Å². The summed E-state index contributed by atoms with van der Waals surface area (Å²) in [5.74, 6) is 1.51. The molecular formula is C21H18N4O3S. The van der Waals surface area contributed by atoms with Crippen LogP contribution in [0.15, 0.2) is 80.2 Å². The van der Waals surface area contributed by atoms with Crippen LogP contribution in [-0.4, -0.2) is 31.9 Å². The number of aryl methyl sites for hydroxylation is 1. The first-order valence-corrected chi connectivity index (χ1v) is 10.2. The van der Waals surface area contributed by atoms with Gasteiger partial charge in [-0.1, -0.05) is 30.0 Å². The van der Waals surface area contributed by atoms with Gasteiger partial charge in [0.2, 0.25) is 0 Å². The highest BCUT2D eigenvalue weighted by molar-refractivity contribution is 7.99. The molecule has 0 saturated carbocycles. The lowest BCUT2D eigenvalue weighted by Crippen LogP contribution is -2.28. The van der Waals surface area contributed by atoms with Gasteiger partial charge in [0, 0.05) is 31.2 Å². The lowest BCUT2D eigenvalue weighted by atomic mass is 10.1. The zero-order valence-corrected chi connectivity index (χ0v) is 16.5. The largest absolute Gasteiger partial charge is 0.467 e. The minimum Gasteiger partial charge on any atom is -0.467 e. The molecular weight excluding hydrogens is 388 g/mol. The molecule has 0 aliphatic carbocycles. The molecule has 29 heavy (non-hydrogen) atoms. The lowest BCUT2D eigenvalue weighted by molar-refractivity contribution is -0.130. The molecule has 0 fully saturated rings. The van der Waals surface area contributed by atoms with Crippen LogP contribution in [0.25, 0.3) is 11.0 Å². The van der Waals surface area contributed by atoms with Gasteiger partial charge in [-0.15, -0.1) is 0 Å². The van der Waals surface area contributed by atoms with Crippen molar-refractivity contribution in [1.29, 1.82) is 0 Å². The van der Waals surface area contributed by atoms with E-state index in [1.807, 2.05) is 60.3 Å². The molecule has 0 radical (unpaired) electrons. The number of imidazole rings is 1. The number of hydrogen-bond donors (Lipinski definition) is 0. The molecule has 0 saturated heterocycles. The number of furan rings is 2. The van der Waals surface area contributed by atoms with Gasteiger partial charge in [-0.2, -0.15) is 5.10 Å². The Labute approximate surface area is 171 Å². The predicted molar refractivity (Wildman–Crippen MR) is 110 cm³/mol. The molecule has 5 rings (SSSR count). The number of benzene rings is 1. The highest BCUT2D eigenvalue weighted by Gasteiger charge is 2.36. The third-order valence-corrected chi connectivity index (χ3v) is 5.89. The number of fused-ring (bicyclic) bond motifs is 1. The zero-order valence-electron chi connectivity index (χ0n) is 15.7. The summed E-state index contributed by atoms with van der Waals surface area (Å²) in [6.45, 7) is 0. The second kappa shape index (κ2) is 7.29. The fourth-order valence-electron chi connectivity index (χ4n) is 3.40. The number of amides is 1. The first kappa shape index (κ1) is 17.8. The van der Waals surface area contributed by atoms with Gasteiger partial charge >= 0.3 is 0 Å². The zero-order chi connectivity index (χ0) is 19.8. The van der Waals surface area contributed by atoms with Crippen LogP contribution < -0.4 is 0 Å². The van der Waals surface area contributed by atoms with Gasteiger partial charge in [-0.3, -0.25) is 4.79 Å². The molecule has 1 atom stereocenters. The molecule has 0 spiro atoms. The Morgan fingerprint density at radius 2 is 2.17 bits per heavy atom. The number of hydrogen-bond acceptors (Lipinski definition) is 6. The van der Waals surface area contributed by atoms with Crippen LogP contribution in [0.3, 0.4) is 0 Å². The third-order valence-electron chi connectivity index (χ3n) is 4.85. The van der Waals surface area contributed by atoms with Crippen LogP contribution >= 0.6 is 11.8 Å². The van der Waals surface area contributed by atoms with E-state index in [4.69, 9.17) is 8.83 Å². The summed E-state index contributed by atoms with van der Waals surface area (Å²) in [6, 6.07) is 13.2. The average molecular weight is 406 g/mol. The molecule has 4 heterocycles. The van der Waals surface area contributed by atoms with Gasteiger partial charge in [-0.25, -0.2) is 9.99 Å². The second-order valence-electron chi connectivity index (χ2n) is 6.78. The molecule has 0 bridgehead atoms. The van der Waals surface area contributed by atoms with E-state index < -0.39 is 0 Å². The van der Waals surface area contributed by atoms with E-state index in [1.54, 1.807) is 12.5 Å². The first-order valence-electron chi connectivity index (χ1n) is 9.21. The van der Waals surface area contributed by atoms with Gasteiger partial charge in [-0.05, 0) is 24.3 Å². The summed E-state index contributed by atoms with van der Waals surface area (Å²) in [7, 11) is 1.90. The number of aromatic nitrogens is 2. The monoisotopic (exact) mass is 406 g/mol. The normalized spacial score (nSPS) is 16.5. The van der Waals surface area contributed by atoms with Crippen LogP contribution in [0, 0.1) is 0 Å². The summed E-state index contributed by atoms with van der Waals surface area (Å²) in [6.07, 6.45) is 5.71. The Hall–Kier alpha value is -3.26. The van der Waals surface area contributed by atoms with Gasteiger partial charge in [0.1, 0.15) is 23.1 Å². The van der Waals surface area contributed by atoms with Crippen LogP contribution in [-0.2, 0) is 11.8 Å². The van der Waals surface area contributed by atoms with Gasteiger partial charge in [0.05, 0.1) is 12.0 Å². The van der Waals surface area contributed by atoms with Crippen LogP contribution in [0.1, 0.15) is 24.0 Å². The van der Waals surface area contributed by atoms with Gasteiger partial charge in [0.15, 0.2) is 10.9 Å². The minimum atomic E-state index is -0.289. The highest BCUT2D eigenvalue weighted by Crippen LogP contribution is 2.35. The Kier molecular flexibility index (Phi) is 4.48. The molecule has 8 heteroatoms. The summed E-state index contributed by atoms with van der Waals surface area (Å²) in [5, 5.41) is 7.93. The molecule has 1 aromatic carbocycles. The average Bonchev–Trinajstić information content (AvgIpc) is 3.51. The quantitative estimate of drug-likeness (QED) is 0.464. The van der Waals surface area contributed by atoms with Crippen molar-refractivity contribution in [1.82, 2.24) is 14.6 Å². The minimum absolute atomic E-state index is 0.106.